The fourth-order valence-electron chi connectivity index (χ4n) is 3.73. The van der Waals surface area contributed by atoms with Crippen LogP contribution in [0.3, 0.4) is 0 Å². The number of urea groups is 1. The second kappa shape index (κ2) is 8.23. The fourth-order valence-corrected chi connectivity index (χ4v) is 3.73. The van der Waals surface area contributed by atoms with Crippen LogP contribution in [0.4, 0.5) is 16.2 Å². The number of allylic oxidation sites excluding steroid dienone is 2. The number of anilines is 2. The minimum atomic E-state index is -0.295. The number of methoxy groups -OCH3 is 2. The van der Waals surface area contributed by atoms with Gasteiger partial charge in [0.05, 0.1) is 12.8 Å². The summed E-state index contributed by atoms with van der Waals surface area (Å²) >= 11 is 0. The van der Waals surface area contributed by atoms with Gasteiger partial charge in [-0.25, -0.2) is 4.79 Å². The molecule has 2 aliphatic carbocycles. The Morgan fingerprint density at radius 2 is 2.00 bits per heavy atom. The van der Waals surface area contributed by atoms with E-state index in [1.54, 1.807) is 18.2 Å². The molecular formula is C19H25N3O4. The van der Waals surface area contributed by atoms with Crippen molar-refractivity contribution in [2.24, 2.45) is 17.8 Å². The van der Waals surface area contributed by atoms with Gasteiger partial charge in [-0.2, -0.15) is 0 Å². The first-order chi connectivity index (χ1) is 12.6. The average Bonchev–Trinajstić information content (AvgIpc) is 3.23. The second-order valence-electron chi connectivity index (χ2n) is 6.77. The van der Waals surface area contributed by atoms with E-state index in [4.69, 9.17) is 9.47 Å². The van der Waals surface area contributed by atoms with E-state index in [1.165, 1.54) is 20.6 Å². The maximum Gasteiger partial charge on any atom is 0.319 e. The molecule has 0 radical (unpaired) electrons. The van der Waals surface area contributed by atoms with Gasteiger partial charge < -0.3 is 25.4 Å². The van der Waals surface area contributed by atoms with Gasteiger partial charge in [0.15, 0.2) is 0 Å². The van der Waals surface area contributed by atoms with Crippen molar-refractivity contribution in [3.05, 3.63) is 30.4 Å². The lowest BCUT2D eigenvalue weighted by Gasteiger charge is -2.19. The van der Waals surface area contributed by atoms with Crippen molar-refractivity contribution in [3.8, 4) is 5.75 Å². The lowest BCUT2D eigenvalue weighted by atomic mass is 9.94. The maximum absolute atomic E-state index is 12.2. The Balaban J connectivity index is 1.55. The van der Waals surface area contributed by atoms with E-state index in [0.717, 1.165) is 6.42 Å². The number of carbonyl (C=O) groups is 2. The first-order valence-electron chi connectivity index (χ1n) is 8.79. The van der Waals surface area contributed by atoms with Gasteiger partial charge in [0.1, 0.15) is 12.4 Å². The van der Waals surface area contributed by atoms with Crippen LogP contribution in [0.15, 0.2) is 30.4 Å². The molecule has 3 N–H and O–H groups in total. The molecule has 7 nitrogen and oxygen atoms in total. The molecule has 1 aromatic rings. The zero-order chi connectivity index (χ0) is 18.5. The molecule has 3 rings (SSSR count). The summed E-state index contributed by atoms with van der Waals surface area (Å²) in [4.78, 5) is 23.9. The van der Waals surface area contributed by atoms with Gasteiger partial charge in [-0.3, -0.25) is 4.79 Å². The molecule has 0 spiro atoms. The molecule has 2 aliphatic rings. The van der Waals surface area contributed by atoms with Crippen molar-refractivity contribution in [3.63, 3.8) is 0 Å². The number of ether oxygens (including phenoxy) is 2. The molecule has 0 aliphatic heterocycles. The first-order valence-corrected chi connectivity index (χ1v) is 8.79. The third-order valence-electron chi connectivity index (χ3n) is 4.95. The summed E-state index contributed by atoms with van der Waals surface area (Å²) in [6.07, 6.45) is 6.94. The second-order valence-corrected chi connectivity index (χ2v) is 6.77. The van der Waals surface area contributed by atoms with Crippen molar-refractivity contribution in [1.82, 2.24) is 5.32 Å². The molecule has 3 atom stereocenters. The van der Waals surface area contributed by atoms with Crippen molar-refractivity contribution < 1.29 is 19.1 Å². The quantitative estimate of drug-likeness (QED) is 0.653. The lowest BCUT2D eigenvalue weighted by molar-refractivity contribution is -0.119. The highest BCUT2D eigenvalue weighted by molar-refractivity contribution is 5.95. The highest BCUT2D eigenvalue weighted by Crippen LogP contribution is 2.42. The summed E-state index contributed by atoms with van der Waals surface area (Å²) in [7, 11) is 2.97. The third-order valence-corrected chi connectivity index (χ3v) is 4.95. The van der Waals surface area contributed by atoms with Gasteiger partial charge in [0.2, 0.25) is 5.91 Å². The predicted octanol–water partition coefficient (Wildman–Crippen LogP) is 2.61. The molecule has 0 unspecified atom stereocenters. The molecule has 0 heterocycles. The van der Waals surface area contributed by atoms with Crippen molar-refractivity contribution >= 4 is 23.3 Å². The van der Waals surface area contributed by atoms with Crippen LogP contribution in [0.2, 0.25) is 0 Å². The Bertz CT molecular complexity index is 704. The van der Waals surface area contributed by atoms with Crippen LogP contribution in [0.25, 0.3) is 0 Å². The molecule has 0 aromatic heterocycles. The third kappa shape index (κ3) is 4.35. The standard InChI is InChI=1S/C19H25N3O4/c1-25-11-18(23)22-16-9-15(5-6-17(16)26-2)21-19(24)20-10-14-8-12-3-4-13(14)7-12/h3-6,9,12-14H,7-8,10-11H2,1-2H3,(H,22,23)(H2,20,21,24)/t12-,13+,14+/m1/s1. The Kier molecular flexibility index (Phi) is 5.78. The van der Waals surface area contributed by atoms with E-state index >= 15 is 0 Å². The number of rotatable bonds is 7. The minimum Gasteiger partial charge on any atom is -0.495 e. The van der Waals surface area contributed by atoms with Crippen molar-refractivity contribution in [1.29, 1.82) is 0 Å². The highest BCUT2D eigenvalue weighted by Gasteiger charge is 2.35. The van der Waals surface area contributed by atoms with Gasteiger partial charge in [-0.1, -0.05) is 12.2 Å². The fraction of sp³-hybridized carbons (Fsp3) is 0.474. The van der Waals surface area contributed by atoms with E-state index < -0.39 is 0 Å². The van der Waals surface area contributed by atoms with Crippen LogP contribution in [0, 0.1) is 17.8 Å². The van der Waals surface area contributed by atoms with Crippen LogP contribution in [0.1, 0.15) is 12.8 Å². The monoisotopic (exact) mass is 359 g/mol. The van der Waals surface area contributed by atoms with Gasteiger partial charge in [0.25, 0.3) is 0 Å². The Morgan fingerprint density at radius 1 is 1.15 bits per heavy atom. The van der Waals surface area contributed by atoms with Crippen LogP contribution < -0.4 is 20.7 Å². The molecule has 0 saturated heterocycles. The Hall–Kier alpha value is -2.54. The van der Waals surface area contributed by atoms with E-state index in [0.29, 0.717) is 41.4 Å². The highest BCUT2D eigenvalue weighted by atomic mass is 16.5. The lowest BCUT2D eigenvalue weighted by Crippen LogP contribution is -2.34. The summed E-state index contributed by atoms with van der Waals surface area (Å²) in [5.41, 5.74) is 1.05. The molecule has 1 fully saturated rings. The van der Waals surface area contributed by atoms with Crippen LogP contribution in [-0.2, 0) is 9.53 Å². The predicted molar refractivity (Wildman–Crippen MR) is 99.4 cm³/mol. The van der Waals surface area contributed by atoms with E-state index in [1.807, 2.05) is 0 Å². The number of amides is 3. The van der Waals surface area contributed by atoms with Crippen LogP contribution in [0.5, 0.6) is 5.75 Å². The SMILES string of the molecule is COCC(=O)Nc1cc(NC(=O)NC[C@@H]2C[C@@H]3C=C[C@H]2C3)ccc1OC. The van der Waals surface area contributed by atoms with Crippen LogP contribution >= 0.6 is 0 Å². The van der Waals surface area contributed by atoms with E-state index in [2.05, 4.69) is 28.1 Å². The maximum atomic E-state index is 12.2. The molecule has 140 valence electrons. The van der Waals surface area contributed by atoms with Gasteiger partial charge in [0, 0.05) is 19.3 Å². The van der Waals surface area contributed by atoms with Gasteiger partial charge in [-0.05, 0) is 48.8 Å². The summed E-state index contributed by atoms with van der Waals surface area (Å²) < 4.78 is 10.0. The summed E-state index contributed by atoms with van der Waals surface area (Å²) in [5.74, 6) is 2.03. The molecule has 3 amide bonds. The number of fused-ring (bicyclic) bond motifs is 2. The first kappa shape index (κ1) is 18.3. The van der Waals surface area contributed by atoms with Gasteiger partial charge >= 0.3 is 6.03 Å². The number of hydrogen-bond donors (Lipinski definition) is 3. The summed E-state index contributed by atoms with van der Waals surface area (Å²) in [6.45, 7) is 0.615. The van der Waals surface area contributed by atoms with Crippen molar-refractivity contribution in [2.75, 3.05) is 38.0 Å². The summed E-state index contributed by atoms with van der Waals surface area (Å²) in [5, 5.41) is 8.45. The Morgan fingerprint density at radius 3 is 2.65 bits per heavy atom. The topological polar surface area (TPSA) is 88.7 Å². The number of nitrogens with one attached hydrogen (secondary N) is 3. The van der Waals surface area contributed by atoms with Crippen LogP contribution in [-0.4, -0.2) is 39.3 Å². The molecule has 7 heteroatoms. The van der Waals surface area contributed by atoms with E-state index in [-0.39, 0.29) is 18.5 Å². The normalized spacial score (nSPS) is 22.9. The number of benzene rings is 1. The molecule has 1 saturated carbocycles. The Labute approximate surface area is 153 Å². The van der Waals surface area contributed by atoms with E-state index in [9.17, 15) is 9.59 Å². The average molecular weight is 359 g/mol. The number of carbonyl (C=O) groups excluding carboxylic acids is 2. The minimum absolute atomic E-state index is 0.0563. The van der Waals surface area contributed by atoms with Gasteiger partial charge in [-0.15, -0.1) is 0 Å². The molecule has 2 bridgehead atoms. The zero-order valence-electron chi connectivity index (χ0n) is 15.1. The molecular weight excluding hydrogens is 334 g/mol. The number of hydrogen-bond acceptors (Lipinski definition) is 4. The summed E-state index contributed by atoms with van der Waals surface area (Å²) in [6, 6.07) is 4.83. The molecule has 1 aromatic carbocycles. The van der Waals surface area contributed by atoms with Crippen molar-refractivity contribution in [2.45, 2.75) is 12.8 Å². The largest absolute Gasteiger partial charge is 0.495 e. The smallest absolute Gasteiger partial charge is 0.319 e. The molecule has 26 heavy (non-hydrogen) atoms. The zero-order valence-corrected chi connectivity index (χ0v) is 15.1.